The quantitative estimate of drug-likeness (QED) is 0.611. The van der Waals surface area contributed by atoms with E-state index < -0.39 is 0 Å². The van der Waals surface area contributed by atoms with Gasteiger partial charge in [-0.2, -0.15) is 0 Å². The first-order chi connectivity index (χ1) is 13.8. The van der Waals surface area contributed by atoms with Gasteiger partial charge in [-0.3, -0.25) is 0 Å². The normalized spacial score (nSPS) is 13.8. The van der Waals surface area contributed by atoms with Crippen LogP contribution in [0.25, 0.3) is 10.9 Å². The molecule has 3 aromatic rings. The molecule has 2 aromatic carbocycles. The number of aromatic amines is 1. The van der Waals surface area contributed by atoms with Crippen molar-refractivity contribution in [1.29, 1.82) is 0 Å². The summed E-state index contributed by atoms with van der Waals surface area (Å²) in [4.78, 5) is 3.64. The van der Waals surface area contributed by atoms with Crippen LogP contribution in [0, 0.1) is 0 Å². The van der Waals surface area contributed by atoms with Crippen LogP contribution >= 0.6 is 0 Å². The highest BCUT2D eigenvalue weighted by molar-refractivity contribution is 5.88. The van der Waals surface area contributed by atoms with E-state index in [9.17, 15) is 0 Å². The summed E-state index contributed by atoms with van der Waals surface area (Å²) in [5.74, 6) is 2.25. The first kappa shape index (κ1) is 18.7. The first-order valence-electron chi connectivity index (χ1n) is 9.96. The molecule has 0 bridgehead atoms. The number of methoxy groups -OCH3 is 2. The van der Waals surface area contributed by atoms with Crippen molar-refractivity contribution in [3.8, 4) is 17.2 Å². The van der Waals surface area contributed by atoms with Gasteiger partial charge in [0.05, 0.1) is 20.8 Å². The molecule has 0 saturated carbocycles. The van der Waals surface area contributed by atoms with Gasteiger partial charge in [0.15, 0.2) is 0 Å². The number of hydrogen-bond donors (Lipinski definition) is 2. The summed E-state index contributed by atoms with van der Waals surface area (Å²) in [6.45, 7) is 2.75. The molecule has 0 radical (unpaired) electrons. The van der Waals surface area contributed by atoms with E-state index in [1.807, 2.05) is 18.2 Å². The van der Waals surface area contributed by atoms with Gasteiger partial charge in [-0.25, -0.2) is 0 Å². The zero-order chi connectivity index (χ0) is 19.3. The van der Waals surface area contributed by atoms with Crippen LogP contribution in [0.15, 0.2) is 36.4 Å². The van der Waals surface area contributed by atoms with Gasteiger partial charge < -0.3 is 24.5 Å². The Bertz CT molecular complexity index is 926. The molecule has 5 nitrogen and oxygen atoms in total. The van der Waals surface area contributed by atoms with Gasteiger partial charge in [0.2, 0.25) is 0 Å². The predicted octanol–water partition coefficient (Wildman–Crippen LogP) is 3.88. The number of aryl methyl sites for hydroxylation is 1. The van der Waals surface area contributed by atoms with Gasteiger partial charge in [-0.15, -0.1) is 0 Å². The van der Waals surface area contributed by atoms with Crippen molar-refractivity contribution in [2.45, 2.75) is 25.7 Å². The minimum Gasteiger partial charge on any atom is -0.496 e. The van der Waals surface area contributed by atoms with Gasteiger partial charge in [-0.05, 0) is 43.0 Å². The average Bonchev–Trinajstić information content (AvgIpc) is 2.93. The third kappa shape index (κ3) is 3.94. The van der Waals surface area contributed by atoms with E-state index in [-0.39, 0.29) is 0 Å². The fourth-order valence-corrected chi connectivity index (χ4v) is 4.02. The number of H-pyrrole nitrogens is 1. The van der Waals surface area contributed by atoms with Crippen LogP contribution in [0.2, 0.25) is 0 Å². The van der Waals surface area contributed by atoms with E-state index in [0.717, 1.165) is 56.0 Å². The molecule has 2 heterocycles. The molecule has 0 unspecified atom stereocenters. The van der Waals surface area contributed by atoms with E-state index in [1.54, 1.807) is 14.2 Å². The van der Waals surface area contributed by atoms with E-state index in [0.29, 0.717) is 6.61 Å². The topological polar surface area (TPSA) is 55.5 Å². The second-order valence-electron chi connectivity index (χ2n) is 7.17. The van der Waals surface area contributed by atoms with Crippen molar-refractivity contribution in [3.63, 3.8) is 0 Å². The van der Waals surface area contributed by atoms with Crippen molar-refractivity contribution in [3.05, 3.63) is 53.2 Å². The predicted molar refractivity (Wildman–Crippen MR) is 112 cm³/mol. The Balaban J connectivity index is 1.44. The Morgan fingerprint density at radius 3 is 2.46 bits per heavy atom. The molecule has 148 valence electrons. The second kappa shape index (κ2) is 8.57. The maximum Gasteiger partial charge on any atom is 0.126 e. The summed E-state index contributed by atoms with van der Waals surface area (Å²) in [7, 11) is 3.29. The maximum absolute atomic E-state index is 5.96. The van der Waals surface area contributed by atoms with E-state index in [2.05, 4.69) is 28.5 Å². The molecule has 0 fully saturated rings. The highest BCUT2D eigenvalue weighted by Crippen LogP contribution is 2.30. The van der Waals surface area contributed by atoms with Gasteiger partial charge in [-0.1, -0.05) is 12.1 Å². The van der Waals surface area contributed by atoms with Crippen LogP contribution in [-0.2, 0) is 19.3 Å². The molecule has 1 aliphatic heterocycles. The molecule has 0 amide bonds. The molecular weight excluding hydrogens is 352 g/mol. The lowest BCUT2D eigenvalue weighted by Crippen LogP contribution is -2.16. The molecule has 0 saturated heterocycles. The lowest BCUT2D eigenvalue weighted by Gasteiger charge is -2.11. The van der Waals surface area contributed by atoms with Gasteiger partial charge >= 0.3 is 0 Å². The van der Waals surface area contributed by atoms with Crippen molar-refractivity contribution in [2.75, 3.05) is 33.9 Å². The van der Waals surface area contributed by atoms with Crippen LogP contribution in [0.3, 0.4) is 0 Å². The molecule has 1 aromatic heterocycles. The summed E-state index contributed by atoms with van der Waals surface area (Å²) >= 11 is 0. The van der Waals surface area contributed by atoms with E-state index in [1.165, 1.54) is 27.7 Å². The maximum atomic E-state index is 5.96. The second-order valence-corrected chi connectivity index (χ2v) is 7.17. The monoisotopic (exact) mass is 380 g/mol. The molecule has 1 aliphatic rings. The van der Waals surface area contributed by atoms with E-state index >= 15 is 0 Å². The highest BCUT2D eigenvalue weighted by Gasteiger charge is 2.16. The minimum absolute atomic E-state index is 0.654. The zero-order valence-corrected chi connectivity index (χ0v) is 16.6. The van der Waals surface area contributed by atoms with Gasteiger partial charge in [0, 0.05) is 47.8 Å². The Morgan fingerprint density at radius 1 is 0.929 bits per heavy atom. The Hall–Kier alpha value is -2.66. The largest absolute Gasteiger partial charge is 0.496 e. The third-order valence-electron chi connectivity index (χ3n) is 5.39. The zero-order valence-electron chi connectivity index (χ0n) is 16.6. The fourth-order valence-electron chi connectivity index (χ4n) is 4.02. The summed E-state index contributed by atoms with van der Waals surface area (Å²) in [5.41, 5.74) is 5.56. The Labute approximate surface area is 166 Å². The molecule has 0 atom stereocenters. The number of nitrogens with one attached hydrogen (secondary N) is 2. The van der Waals surface area contributed by atoms with Crippen molar-refractivity contribution >= 4 is 10.9 Å². The minimum atomic E-state index is 0.654. The smallest absolute Gasteiger partial charge is 0.126 e. The van der Waals surface area contributed by atoms with Crippen LogP contribution < -0.4 is 19.5 Å². The third-order valence-corrected chi connectivity index (χ3v) is 5.39. The lowest BCUT2D eigenvalue weighted by molar-refractivity contribution is 0.305. The number of fused-ring (bicyclic) bond motifs is 3. The van der Waals surface area contributed by atoms with Crippen LogP contribution in [-0.4, -0.2) is 38.9 Å². The summed E-state index contributed by atoms with van der Waals surface area (Å²) in [6.07, 6.45) is 4.11. The van der Waals surface area contributed by atoms with Gasteiger partial charge in [0.1, 0.15) is 17.2 Å². The summed E-state index contributed by atoms with van der Waals surface area (Å²) < 4.78 is 16.6. The number of aromatic nitrogens is 1. The first-order valence-corrected chi connectivity index (χ1v) is 9.96. The molecule has 0 aliphatic carbocycles. The molecule has 4 rings (SSSR count). The van der Waals surface area contributed by atoms with Crippen LogP contribution in [0.5, 0.6) is 17.2 Å². The summed E-state index contributed by atoms with van der Waals surface area (Å²) in [5, 5.41) is 4.91. The van der Waals surface area contributed by atoms with Crippen LogP contribution in [0.4, 0.5) is 0 Å². The molecule has 2 N–H and O–H groups in total. The number of ether oxygens (including phenoxy) is 3. The van der Waals surface area contributed by atoms with Gasteiger partial charge in [0.25, 0.3) is 0 Å². The molecule has 0 spiro atoms. The Kier molecular flexibility index (Phi) is 5.72. The standard InChI is InChI=1S/C23H28N2O3/c1-26-17-13-18(27-2)15-19(14-17)28-12-4-6-16-5-3-7-22-23(16)20-8-10-24-11-9-21(20)25-22/h3,5,7,13-15,24-25H,4,6,8-12H2,1-2H3. The van der Waals surface area contributed by atoms with Crippen molar-refractivity contribution < 1.29 is 14.2 Å². The summed E-state index contributed by atoms with van der Waals surface area (Å²) in [6, 6.07) is 12.2. The number of rotatable bonds is 7. The Morgan fingerprint density at radius 2 is 1.68 bits per heavy atom. The van der Waals surface area contributed by atoms with Crippen molar-refractivity contribution in [2.24, 2.45) is 0 Å². The SMILES string of the molecule is COc1cc(OC)cc(OCCCc2cccc3[nH]c4c(c23)CCNCC4)c1. The number of hydrogen-bond acceptors (Lipinski definition) is 4. The highest BCUT2D eigenvalue weighted by atomic mass is 16.5. The van der Waals surface area contributed by atoms with Crippen molar-refractivity contribution in [1.82, 2.24) is 10.3 Å². The average molecular weight is 380 g/mol. The number of benzene rings is 2. The molecular formula is C23H28N2O3. The van der Waals surface area contributed by atoms with Crippen LogP contribution in [0.1, 0.15) is 23.2 Å². The lowest BCUT2D eigenvalue weighted by atomic mass is 9.99. The van der Waals surface area contributed by atoms with E-state index in [4.69, 9.17) is 14.2 Å². The fraction of sp³-hybridized carbons (Fsp3) is 0.391. The molecule has 28 heavy (non-hydrogen) atoms. The molecule has 5 heteroatoms.